The average Bonchev–Trinajstić information content (AvgIpc) is 3.30. The third-order valence-corrected chi connectivity index (χ3v) is 12.3. The zero-order valence-electron chi connectivity index (χ0n) is 42.7. The molecule has 0 saturated heterocycles. The molecule has 0 saturated carbocycles. The maximum absolute atomic E-state index is 12.9. The lowest BCUT2D eigenvalue weighted by molar-refractivity contribution is -0.150. The van der Waals surface area contributed by atoms with Crippen molar-refractivity contribution < 1.29 is 34.1 Å². The van der Waals surface area contributed by atoms with E-state index in [0.717, 1.165) is 83.5 Å². The highest BCUT2D eigenvalue weighted by Gasteiger charge is 2.19. The summed E-state index contributed by atoms with van der Waals surface area (Å²) in [5.41, 5.74) is 0. The number of carbonyl (C=O) groups is 4. The summed E-state index contributed by atoms with van der Waals surface area (Å²) in [4.78, 5) is 47.9. The SMILES string of the molecule is CCCCCCC/C=C\C/C=C\C/C=C\CCCCCCCCCCC(=O)OC(CCCCC/C=C\CCCCCCCCCC)CCCCCCCC(=O)NCC(=O)NC(CO)C(=O)O. The molecule has 4 N–H and O–H groups in total. The number of esters is 1. The summed E-state index contributed by atoms with van der Waals surface area (Å²) in [5, 5.41) is 22.7. The molecule has 0 aromatic rings. The van der Waals surface area contributed by atoms with Gasteiger partial charge in [-0.05, 0) is 103 Å². The topological polar surface area (TPSA) is 142 Å². The molecule has 66 heavy (non-hydrogen) atoms. The van der Waals surface area contributed by atoms with Gasteiger partial charge in [-0.25, -0.2) is 4.79 Å². The number of unbranched alkanes of at least 4 members (excludes halogenated alkanes) is 28. The molecule has 0 aliphatic rings. The molecule has 9 nitrogen and oxygen atoms in total. The van der Waals surface area contributed by atoms with E-state index >= 15 is 0 Å². The van der Waals surface area contributed by atoms with Gasteiger partial charge in [0.15, 0.2) is 0 Å². The normalized spacial score (nSPS) is 12.8. The van der Waals surface area contributed by atoms with Crippen molar-refractivity contribution in [3.8, 4) is 0 Å². The van der Waals surface area contributed by atoms with Crippen LogP contribution in [0, 0.1) is 0 Å². The van der Waals surface area contributed by atoms with Crippen LogP contribution in [0.2, 0.25) is 0 Å². The molecule has 0 aliphatic heterocycles. The maximum atomic E-state index is 12.9. The van der Waals surface area contributed by atoms with Gasteiger partial charge >= 0.3 is 11.9 Å². The first kappa shape index (κ1) is 62.8. The van der Waals surface area contributed by atoms with E-state index in [1.165, 1.54) is 148 Å². The summed E-state index contributed by atoms with van der Waals surface area (Å²) in [6, 6.07) is -1.39. The van der Waals surface area contributed by atoms with Crippen LogP contribution in [0.4, 0.5) is 0 Å². The Hall–Kier alpha value is -3.20. The Kier molecular flexibility index (Phi) is 48.7. The van der Waals surface area contributed by atoms with Crippen molar-refractivity contribution in [3.63, 3.8) is 0 Å². The largest absolute Gasteiger partial charge is 0.480 e. The number of allylic oxidation sites excluding steroid dienone is 8. The second-order valence-electron chi connectivity index (χ2n) is 18.7. The Labute approximate surface area is 405 Å². The molecule has 2 unspecified atom stereocenters. The summed E-state index contributed by atoms with van der Waals surface area (Å²) in [5.74, 6) is -2.30. The van der Waals surface area contributed by atoms with Crippen LogP contribution in [0.5, 0.6) is 0 Å². The van der Waals surface area contributed by atoms with Gasteiger partial charge in [0.1, 0.15) is 12.1 Å². The number of nitrogens with one attached hydrogen (secondary N) is 2. The fourth-order valence-corrected chi connectivity index (χ4v) is 8.07. The molecule has 9 heteroatoms. The summed E-state index contributed by atoms with van der Waals surface area (Å²) in [6.07, 6.45) is 62.9. The predicted octanol–water partition coefficient (Wildman–Crippen LogP) is 15.1. The molecule has 0 spiro atoms. The molecule has 2 amide bonds. The maximum Gasteiger partial charge on any atom is 0.328 e. The summed E-state index contributed by atoms with van der Waals surface area (Å²) < 4.78 is 6.07. The van der Waals surface area contributed by atoms with Crippen molar-refractivity contribution in [1.29, 1.82) is 0 Å². The lowest BCUT2D eigenvalue weighted by Crippen LogP contribution is -2.47. The van der Waals surface area contributed by atoms with Crippen LogP contribution in [0.15, 0.2) is 48.6 Å². The second kappa shape index (κ2) is 51.2. The monoisotopic (exact) mass is 927 g/mol. The highest BCUT2D eigenvalue weighted by molar-refractivity contribution is 5.87. The summed E-state index contributed by atoms with van der Waals surface area (Å²) in [7, 11) is 0. The van der Waals surface area contributed by atoms with Crippen molar-refractivity contribution in [3.05, 3.63) is 48.6 Å². The van der Waals surface area contributed by atoms with E-state index in [2.05, 4.69) is 73.1 Å². The number of carboxylic acids is 1. The highest BCUT2D eigenvalue weighted by Crippen LogP contribution is 2.19. The van der Waals surface area contributed by atoms with Crippen LogP contribution < -0.4 is 10.6 Å². The van der Waals surface area contributed by atoms with Crippen LogP contribution >= 0.6 is 0 Å². The number of carboxylic acid groups (broad SMARTS) is 1. The van der Waals surface area contributed by atoms with Gasteiger partial charge in [0, 0.05) is 12.8 Å². The van der Waals surface area contributed by atoms with E-state index in [4.69, 9.17) is 14.9 Å². The Morgan fingerprint density at radius 3 is 1.26 bits per heavy atom. The molecular formula is C57H102N2O7. The van der Waals surface area contributed by atoms with Crippen molar-refractivity contribution >= 4 is 23.8 Å². The van der Waals surface area contributed by atoms with Crippen LogP contribution in [0.25, 0.3) is 0 Å². The molecule has 0 heterocycles. The molecule has 382 valence electrons. The Balaban J connectivity index is 4.30. The molecular weight excluding hydrogens is 825 g/mol. The second-order valence-corrected chi connectivity index (χ2v) is 18.7. The van der Waals surface area contributed by atoms with Crippen molar-refractivity contribution in [2.24, 2.45) is 0 Å². The minimum absolute atomic E-state index is 0.0354. The quantitative estimate of drug-likeness (QED) is 0.0270. The van der Waals surface area contributed by atoms with Gasteiger partial charge in [0.25, 0.3) is 0 Å². The zero-order chi connectivity index (χ0) is 48.2. The third kappa shape index (κ3) is 47.3. The average molecular weight is 927 g/mol. The number of aliphatic carboxylic acids is 1. The number of hydrogen-bond donors (Lipinski definition) is 4. The number of rotatable bonds is 50. The lowest BCUT2D eigenvalue weighted by Gasteiger charge is -2.18. The van der Waals surface area contributed by atoms with Gasteiger partial charge in [-0.2, -0.15) is 0 Å². The number of hydrogen-bond acceptors (Lipinski definition) is 6. The molecule has 0 aliphatic carbocycles. The van der Waals surface area contributed by atoms with Crippen molar-refractivity contribution in [2.45, 2.75) is 276 Å². The van der Waals surface area contributed by atoms with Crippen LogP contribution in [-0.2, 0) is 23.9 Å². The Morgan fingerprint density at radius 1 is 0.455 bits per heavy atom. The van der Waals surface area contributed by atoms with E-state index < -0.39 is 24.5 Å². The van der Waals surface area contributed by atoms with Crippen LogP contribution in [0.1, 0.15) is 264 Å². The van der Waals surface area contributed by atoms with Gasteiger partial charge in [0.05, 0.1) is 13.2 Å². The van der Waals surface area contributed by atoms with E-state index in [-0.39, 0.29) is 24.5 Å². The fourth-order valence-electron chi connectivity index (χ4n) is 8.07. The van der Waals surface area contributed by atoms with Gasteiger partial charge < -0.3 is 25.6 Å². The van der Waals surface area contributed by atoms with E-state index in [1.807, 2.05) is 0 Å². The highest BCUT2D eigenvalue weighted by atomic mass is 16.5. The first-order valence-electron chi connectivity index (χ1n) is 27.5. The number of ether oxygens (including phenoxy) is 1. The third-order valence-electron chi connectivity index (χ3n) is 12.3. The van der Waals surface area contributed by atoms with Gasteiger partial charge in [-0.1, -0.05) is 197 Å². The van der Waals surface area contributed by atoms with E-state index in [0.29, 0.717) is 19.3 Å². The Bertz CT molecular complexity index is 1250. The predicted molar refractivity (Wildman–Crippen MR) is 278 cm³/mol. The Morgan fingerprint density at radius 2 is 0.818 bits per heavy atom. The first-order chi connectivity index (χ1) is 32.3. The molecule has 0 radical (unpaired) electrons. The molecule has 0 fully saturated rings. The van der Waals surface area contributed by atoms with E-state index in [9.17, 15) is 19.2 Å². The van der Waals surface area contributed by atoms with Crippen molar-refractivity contribution in [1.82, 2.24) is 10.6 Å². The number of amides is 2. The minimum atomic E-state index is -1.39. The van der Waals surface area contributed by atoms with Gasteiger partial charge in [-0.3, -0.25) is 14.4 Å². The molecule has 0 bridgehead atoms. The number of aliphatic hydroxyl groups excluding tert-OH is 1. The van der Waals surface area contributed by atoms with Gasteiger partial charge in [0.2, 0.25) is 11.8 Å². The molecule has 0 rings (SSSR count). The molecule has 0 aromatic carbocycles. The van der Waals surface area contributed by atoms with Crippen LogP contribution in [0.3, 0.4) is 0 Å². The summed E-state index contributed by atoms with van der Waals surface area (Å²) >= 11 is 0. The van der Waals surface area contributed by atoms with Crippen molar-refractivity contribution in [2.75, 3.05) is 13.2 Å². The number of carbonyl (C=O) groups excluding carboxylic acids is 3. The first-order valence-corrected chi connectivity index (χ1v) is 27.5. The standard InChI is InChI=1S/C57H102N2O7/c1-3-5-7-9-11-13-15-17-19-20-21-22-23-24-25-26-28-30-32-34-36-41-45-49-56(63)66-52(46-42-38-35-33-31-29-27-18-16-14-12-10-8-6-4-2)47-43-39-37-40-44-48-54(61)58-50-55(62)59-53(51-60)57(64)65/h15,17,20-21,23-24,29,31,52-53,60H,3-14,16,18-19,22,25-28,30,32-51H2,1-2H3,(H,58,61)(H,59,62)(H,64,65)/b17-15-,21-20-,24-23-,31-29-. The lowest BCUT2D eigenvalue weighted by atomic mass is 10.0. The fraction of sp³-hybridized carbons (Fsp3) is 0.789. The van der Waals surface area contributed by atoms with Gasteiger partial charge in [-0.15, -0.1) is 0 Å². The zero-order valence-corrected chi connectivity index (χ0v) is 42.7. The minimum Gasteiger partial charge on any atom is -0.480 e. The molecule has 0 aromatic heterocycles. The van der Waals surface area contributed by atoms with Crippen LogP contribution in [-0.4, -0.2) is 59.3 Å². The number of aliphatic hydroxyl groups is 1. The smallest absolute Gasteiger partial charge is 0.328 e. The molecule has 2 atom stereocenters. The summed E-state index contributed by atoms with van der Waals surface area (Å²) in [6.45, 7) is 3.49. The van der Waals surface area contributed by atoms with E-state index in [1.54, 1.807) is 0 Å².